The third kappa shape index (κ3) is 2.27. The Morgan fingerprint density at radius 1 is 0.714 bits per heavy atom. The Labute approximate surface area is 88.3 Å². The lowest BCUT2D eigenvalue weighted by Gasteiger charge is -2.05. The summed E-state index contributed by atoms with van der Waals surface area (Å²) in [5.41, 5.74) is 2.12. The van der Waals surface area contributed by atoms with Gasteiger partial charge in [0.2, 0.25) is 0 Å². The summed E-state index contributed by atoms with van der Waals surface area (Å²) in [5, 5.41) is 4.03. The van der Waals surface area contributed by atoms with Crippen molar-refractivity contribution in [1.29, 1.82) is 0 Å². The lowest BCUT2D eigenvalue weighted by molar-refractivity contribution is 1.55. The fourth-order valence-electron chi connectivity index (χ4n) is 1.22. The highest BCUT2D eigenvalue weighted by atomic mass is 35.5. The zero-order chi connectivity index (χ0) is 9.80. The summed E-state index contributed by atoms with van der Waals surface area (Å²) in [6.45, 7) is 0. The Bertz CT molecular complexity index is 394. The predicted molar refractivity (Wildman–Crippen MR) is 61.2 cm³/mol. The molecule has 0 atom stereocenters. The molecule has 0 heterocycles. The van der Waals surface area contributed by atoms with E-state index in [1.165, 1.54) is 0 Å². The molecule has 0 aliphatic carbocycles. The summed E-state index contributed by atoms with van der Waals surface area (Å²) in [5.74, 6) is 0. The number of anilines is 2. The van der Waals surface area contributed by atoms with Gasteiger partial charge in [-0.05, 0) is 36.4 Å². The SMILES string of the molecule is Clc1ccc(Nc2ccccc2)cc1. The fraction of sp³-hybridized carbons (Fsp3) is 0. The summed E-state index contributed by atoms with van der Waals surface area (Å²) in [4.78, 5) is 0. The summed E-state index contributed by atoms with van der Waals surface area (Å²) in [6, 6.07) is 17.7. The largest absolute Gasteiger partial charge is 0.356 e. The highest BCUT2D eigenvalue weighted by Gasteiger charge is 1.92. The van der Waals surface area contributed by atoms with Crippen LogP contribution in [-0.4, -0.2) is 0 Å². The second-order valence-electron chi connectivity index (χ2n) is 3.00. The molecule has 2 aromatic carbocycles. The van der Waals surface area contributed by atoms with Gasteiger partial charge in [0.05, 0.1) is 0 Å². The molecule has 0 amide bonds. The minimum absolute atomic E-state index is 0.753. The molecule has 0 fully saturated rings. The monoisotopic (exact) mass is 203 g/mol. The maximum atomic E-state index is 5.79. The second kappa shape index (κ2) is 4.16. The molecule has 70 valence electrons. The van der Waals surface area contributed by atoms with Crippen LogP contribution in [0.1, 0.15) is 0 Å². The van der Waals surface area contributed by atoms with Gasteiger partial charge in [0, 0.05) is 16.4 Å². The van der Waals surface area contributed by atoms with Crippen LogP contribution in [0.3, 0.4) is 0 Å². The maximum absolute atomic E-state index is 5.79. The number of benzene rings is 2. The van der Waals surface area contributed by atoms with E-state index in [-0.39, 0.29) is 0 Å². The van der Waals surface area contributed by atoms with Gasteiger partial charge in [0.1, 0.15) is 0 Å². The van der Waals surface area contributed by atoms with Crippen molar-refractivity contribution in [2.75, 3.05) is 5.32 Å². The Hall–Kier alpha value is -1.47. The molecule has 0 unspecified atom stereocenters. The number of hydrogen-bond donors (Lipinski definition) is 1. The van der Waals surface area contributed by atoms with Gasteiger partial charge in [-0.1, -0.05) is 29.8 Å². The van der Waals surface area contributed by atoms with Gasteiger partial charge in [0.25, 0.3) is 0 Å². The van der Waals surface area contributed by atoms with Crippen LogP contribution in [0, 0.1) is 0 Å². The molecule has 0 aliphatic heterocycles. The van der Waals surface area contributed by atoms with Crippen LogP contribution in [-0.2, 0) is 0 Å². The van der Waals surface area contributed by atoms with Crippen LogP contribution in [0.4, 0.5) is 11.4 Å². The molecule has 2 rings (SSSR count). The third-order valence-electron chi connectivity index (χ3n) is 1.91. The summed E-state index contributed by atoms with van der Waals surface area (Å²) >= 11 is 5.79. The normalized spacial score (nSPS) is 9.79. The van der Waals surface area contributed by atoms with Crippen molar-refractivity contribution in [1.82, 2.24) is 0 Å². The Morgan fingerprint density at radius 3 is 1.93 bits per heavy atom. The van der Waals surface area contributed by atoms with Gasteiger partial charge < -0.3 is 5.32 Å². The highest BCUT2D eigenvalue weighted by molar-refractivity contribution is 6.30. The van der Waals surface area contributed by atoms with E-state index in [4.69, 9.17) is 11.6 Å². The Balaban J connectivity index is 2.16. The number of nitrogens with one attached hydrogen (secondary N) is 1. The zero-order valence-electron chi connectivity index (χ0n) is 7.57. The molecular weight excluding hydrogens is 194 g/mol. The zero-order valence-corrected chi connectivity index (χ0v) is 8.33. The quantitative estimate of drug-likeness (QED) is 0.776. The first-order valence-electron chi connectivity index (χ1n) is 4.42. The third-order valence-corrected chi connectivity index (χ3v) is 2.16. The van der Waals surface area contributed by atoms with Crippen molar-refractivity contribution in [2.45, 2.75) is 0 Å². The van der Waals surface area contributed by atoms with Crippen molar-refractivity contribution in [3.8, 4) is 0 Å². The van der Waals surface area contributed by atoms with Crippen molar-refractivity contribution < 1.29 is 0 Å². The summed E-state index contributed by atoms with van der Waals surface area (Å²) in [7, 11) is 0. The van der Waals surface area contributed by atoms with Gasteiger partial charge in [-0.25, -0.2) is 0 Å². The molecule has 0 saturated heterocycles. The molecule has 0 radical (unpaired) electrons. The van der Waals surface area contributed by atoms with Crippen LogP contribution in [0.2, 0.25) is 5.02 Å². The minimum atomic E-state index is 0.753. The van der Waals surface area contributed by atoms with Gasteiger partial charge in [-0.3, -0.25) is 0 Å². The van der Waals surface area contributed by atoms with Crippen molar-refractivity contribution >= 4 is 23.0 Å². The van der Waals surface area contributed by atoms with E-state index in [0.29, 0.717) is 0 Å². The van der Waals surface area contributed by atoms with Gasteiger partial charge in [-0.15, -0.1) is 0 Å². The van der Waals surface area contributed by atoms with Crippen LogP contribution in [0.15, 0.2) is 54.6 Å². The molecule has 2 aromatic rings. The van der Waals surface area contributed by atoms with E-state index in [0.717, 1.165) is 16.4 Å². The second-order valence-corrected chi connectivity index (χ2v) is 3.43. The van der Waals surface area contributed by atoms with Crippen molar-refractivity contribution in [2.24, 2.45) is 0 Å². The van der Waals surface area contributed by atoms with Crippen LogP contribution in [0.25, 0.3) is 0 Å². The van der Waals surface area contributed by atoms with Crippen molar-refractivity contribution in [3.05, 3.63) is 59.6 Å². The van der Waals surface area contributed by atoms with Gasteiger partial charge >= 0.3 is 0 Å². The average molecular weight is 204 g/mol. The Kier molecular flexibility index (Phi) is 2.70. The average Bonchev–Trinajstić information content (AvgIpc) is 2.23. The van der Waals surface area contributed by atoms with E-state index < -0.39 is 0 Å². The summed E-state index contributed by atoms with van der Waals surface area (Å²) < 4.78 is 0. The van der Waals surface area contributed by atoms with E-state index in [2.05, 4.69) is 5.32 Å². The lowest BCUT2D eigenvalue weighted by atomic mass is 10.3. The maximum Gasteiger partial charge on any atom is 0.0407 e. The topological polar surface area (TPSA) is 12.0 Å². The molecule has 0 aliphatic rings. The Morgan fingerprint density at radius 2 is 1.29 bits per heavy atom. The summed E-state index contributed by atoms with van der Waals surface area (Å²) in [6.07, 6.45) is 0. The first-order chi connectivity index (χ1) is 6.84. The van der Waals surface area contributed by atoms with E-state index in [1.54, 1.807) is 0 Å². The smallest absolute Gasteiger partial charge is 0.0407 e. The number of rotatable bonds is 2. The van der Waals surface area contributed by atoms with Gasteiger partial charge in [-0.2, -0.15) is 0 Å². The molecule has 0 aromatic heterocycles. The van der Waals surface area contributed by atoms with Crippen LogP contribution >= 0.6 is 11.6 Å². The lowest BCUT2D eigenvalue weighted by Crippen LogP contribution is -1.88. The first-order valence-corrected chi connectivity index (χ1v) is 4.80. The van der Waals surface area contributed by atoms with Crippen molar-refractivity contribution in [3.63, 3.8) is 0 Å². The predicted octanol–water partition coefficient (Wildman–Crippen LogP) is 4.08. The first kappa shape index (κ1) is 9.10. The molecule has 0 saturated carbocycles. The molecule has 0 spiro atoms. The molecule has 1 N–H and O–H groups in total. The molecule has 14 heavy (non-hydrogen) atoms. The number of hydrogen-bond acceptors (Lipinski definition) is 1. The highest BCUT2D eigenvalue weighted by Crippen LogP contribution is 2.18. The fourth-order valence-corrected chi connectivity index (χ4v) is 1.35. The number of para-hydroxylation sites is 1. The molecule has 1 nitrogen and oxygen atoms in total. The van der Waals surface area contributed by atoms with Crippen LogP contribution < -0.4 is 5.32 Å². The molecule has 0 bridgehead atoms. The molecule has 2 heteroatoms. The number of halogens is 1. The van der Waals surface area contributed by atoms with E-state index in [1.807, 2.05) is 54.6 Å². The van der Waals surface area contributed by atoms with Gasteiger partial charge in [0.15, 0.2) is 0 Å². The standard InChI is InChI=1S/C12H10ClN/c13-10-6-8-12(9-7-10)14-11-4-2-1-3-5-11/h1-9,14H. The van der Waals surface area contributed by atoms with Crippen LogP contribution in [0.5, 0.6) is 0 Å². The van der Waals surface area contributed by atoms with E-state index in [9.17, 15) is 0 Å². The minimum Gasteiger partial charge on any atom is -0.356 e. The van der Waals surface area contributed by atoms with E-state index >= 15 is 0 Å². The molecular formula is C12H10ClN.